The molecular formula is C18H19ClN2O3. The van der Waals surface area contributed by atoms with Gasteiger partial charge in [-0.1, -0.05) is 41.9 Å². The van der Waals surface area contributed by atoms with Crippen LogP contribution in [0.2, 0.25) is 5.02 Å². The number of nitrogens with one attached hydrogen (secondary N) is 2. The van der Waals surface area contributed by atoms with E-state index in [-0.39, 0.29) is 18.2 Å². The number of ether oxygens (including phenoxy) is 1. The third-order valence-electron chi connectivity index (χ3n) is 3.42. The fourth-order valence-electron chi connectivity index (χ4n) is 2.29. The van der Waals surface area contributed by atoms with E-state index in [1.54, 1.807) is 25.3 Å². The van der Waals surface area contributed by atoms with Crippen LogP contribution in [0.5, 0.6) is 5.75 Å². The van der Waals surface area contributed by atoms with Gasteiger partial charge >= 0.3 is 0 Å². The molecule has 0 aliphatic carbocycles. The summed E-state index contributed by atoms with van der Waals surface area (Å²) >= 11 is 6.13. The van der Waals surface area contributed by atoms with Crippen molar-refractivity contribution in [3.8, 4) is 5.75 Å². The summed E-state index contributed by atoms with van der Waals surface area (Å²) in [6.07, 6.45) is 0.103. The fraction of sp³-hybridized carbons (Fsp3) is 0.222. The van der Waals surface area contributed by atoms with Crippen molar-refractivity contribution in [2.45, 2.75) is 19.4 Å². The lowest BCUT2D eigenvalue weighted by molar-refractivity contribution is -0.120. The molecule has 0 aliphatic rings. The normalized spacial score (nSPS) is 11.5. The van der Waals surface area contributed by atoms with Crippen molar-refractivity contribution in [1.82, 2.24) is 5.32 Å². The van der Waals surface area contributed by atoms with E-state index < -0.39 is 6.04 Å². The first-order valence-electron chi connectivity index (χ1n) is 7.45. The van der Waals surface area contributed by atoms with Crippen LogP contribution in [0.15, 0.2) is 48.5 Å². The lowest BCUT2D eigenvalue weighted by Crippen LogP contribution is -2.29. The number of hydrogen-bond acceptors (Lipinski definition) is 3. The Hall–Kier alpha value is -2.53. The smallest absolute Gasteiger partial charge is 0.226 e. The van der Waals surface area contributed by atoms with Crippen LogP contribution < -0.4 is 15.4 Å². The summed E-state index contributed by atoms with van der Waals surface area (Å²) in [5.74, 6) is 0.169. The number of carbonyl (C=O) groups excluding carboxylic acids is 2. The van der Waals surface area contributed by atoms with E-state index in [1.165, 1.54) is 6.92 Å². The second-order valence-electron chi connectivity index (χ2n) is 5.26. The average molecular weight is 347 g/mol. The van der Waals surface area contributed by atoms with Crippen LogP contribution >= 0.6 is 11.6 Å². The molecule has 2 aromatic carbocycles. The minimum atomic E-state index is -0.402. The van der Waals surface area contributed by atoms with E-state index in [1.807, 2.05) is 30.3 Å². The van der Waals surface area contributed by atoms with Crippen molar-refractivity contribution in [1.29, 1.82) is 0 Å². The first-order chi connectivity index (χ1) is 11.5. The predicted molar refractivity (Wildman–Crippen MR) is 94.3 cm³/mol. The van der Waals surface area contributed by atoms with Crippen LogP contribution in [0, 0.1) is 0 Å². The largest absolute Gasteiger partial charge is 0.497 e. The lowest BCUT2D eigenvalue weighted by Gasteiger charge is -2.18. The van der Waals surface area contributed by atoms with Crippen molar-refractivity contribution in [2.75, 3.05) is 12.4 Å². The Morgan fingerprint density at radius 1 is 1.17 bits per heavy atom. The lowest BCUT2D eigenvalue weighted by atomic mass is 10.0. The van der Waals surface area contributed by atoms with Crippen LogP contribution in [0.4, 0.5) is 5.69 Å². The maximum Gasteiger partial charge on any atom is 0.226 e. The van der Waals surface area contributed by atoms with Gasteiger partial charge < -0.3 is 15.4 Å². The van der Waals surface area contributed by atoms with Gasteiger partial charge in [0, 0.05) is 13.0 Å². The van der Waals surface area contributed by atoms with Gasteiger partial charge in [-0.05, 0) is 17.7 Å². The van der Waals surface area contributed by atoms with Crippen molar-refractivity contribution in [3.05, 3.63) is 59.1 Å². The van der Waals surface area contributed by atoms with Crippen molar-refractivity contribution in [2.24, 2.45) is 0 Å². The van der Waals surface area contributed by atoms with E-state index in [0.29, 0.717) is 16.5 Å². The molecule has 1 unspecified atom stereocenters. The summed E-state index contributed by atoms with van der Waals surface area (Å²) in [4.78, 5) is 23.7. The Balaban J connectivity index is 2.09. The molecule has 0 fully saturated rings. The first-order valence-corrected chi connectivity index (χ1v) is 7.83. The zero-order valence-electron chi connectivity index (χ0n) is 13.5. The number of rotatable bonds is 6. The molecule has 0 bridgehead atoms. The monoisotopic (exact) mass is 346 g/mol. The molecule has 1 atom stereocenters. The molecule has 126 valence electrons. The molecule has 2 rings (SSSR count). The molecule has 0 saturated heterocycles. The van der Waals surface area contributed by atoms with Crippen LogP contribution in [0.1, 0.15) is 24.9 Å². The summed E-state index contributed by atoms with van der Waals surface area (Å²) in [7, 11) is 1.54. The number of anilines is 1. The van der Waals surface area contributed by atoms with E-state index in [9.17, 15) is 9.59 Å². The Kier molecular flexibility index (Phi) is 6.21. The fourth-order valence-corrected chi connectivity index (χ4v) is 2.51. The SMILES string of the molecule is COc1ccc(NC(=O)CC(NC(C)=O)c2ccccc2)c(Cl)c1. The van der Waals surface area contributed by atoms with Gasteiger partial charge in [-0.3, -0.25) is 9.59 Å². The zero-order valence-corrected chi connectivity index (χ0v) is 14.3. The minimum absolute atomic E-state index is 0.103. The Morgan fingerprint density at radius 2 is 1.88 bits per heavy atom. The number of methoxy groups -OCH3 is 1. The Bertz CT molecular complexity index is 719. The highest BCUT2D eigenvalue weighted by atomic mass is 35.5. The second-order valence-corrected chi connectivity index (χ2v) is 5.67. The third-order valence-corrected chi connectivity index (χ3v) is 3.73. The van der Waals surface area contributed by atoms with Crippen LogP contribution in [0.25, 0.3) is 0 Å². The average Bonchev–Trinajstić information content (AvgIpc) is 2.56. The van der Waals surface area contributed by atoms with Crippen LogP contribution in [-0.2, 0) is 9.59 Å². The van der Waals surface area contributed by atoms with Gasteiger partial charge in [0.1, 0.15) is 5.75 Å². The molecule has 0 spiro atoms. The summed E-state index contributed by atoms with van der Waals surface area (Å²) in [6, 6.07) is 14.0. The number of amides is 2. The van der Waals surface area contributed by atoms with Crippen molar-refractivity contribution >= 4 is 29.1 Å². The molecule has 2 aromatic rings. The summed E-state index contributed by atoms with van der Waals surface area (Å²) in [5.41, 5.74) is 1.36. The molecule has 2 N–H and O–H groups in total. The molecule has 0 aromatic heterocycles. The molecule has 0 saturated carbocycles. The first kappa shape index (κ1) is 17.8. The summed E-state index contributed by atoms with van der Waals surface area (Å²) in [5, 5.41) is 5.94. The molecule has 0 aliphatic heterocycles. The number of benzene rings is 2. The minimum Gasteiger partial charge on any atom is -0.497 e. The van der Waals surface area contributed by atoms with Gasteiger partial charge in [-0.2, -0.15) is 0 Å². The van der Waals surface area contributed by atoms with Crippen molar-refractivity contribution < 1.29 is 14.3 Å². The van der Waals surface area contributed by atoms with E-state index in [4.69, 9.17) is 16.3 Å². The molecule has 5 nitrogen and oxygen atoms in total. The van der Waals surface area contributed by atoms with Gasteiger partial charge in [-0.25, -0.2) is 0 Å². The standard InChI is InChI=1S/C18H19ClN2O3/c1-12(22)20-17(13-6-4-3-5-7-13)11-18(23)21-16-9-8-14(24-2)10-15(16)19/h3-10,17H,11H2,1-2H3,(H,20,22)(H,21,23). The van der Waals surface area contributed by atoms with Gasteiger partial charge in [0.2, 0.25) is 11.8 Å². The summed E-state index contributed by atoms with van der Waals surface area (Å²) in [6.45, 7) is 1.42. The highest BCUT2D eigenvalue weighted by Crippen LogP contribution is 2.27. The zero-order chi connectivity index (χ0) is 17.5. The second kappa shape index (κ2) is 8.36. The van der Waals surface area contributed by atoms with Crippen LogP contribution in [0.3, 0.4) is 0 Å². The maximum atomic E-state index is 12.3. The Labute approximate surface area is 146 Å². The quantitative estimate of drug-likeness (QED) is 0.840. The molecule has 0 heterocycles. The third kappa shape index (κ3) is 4.99. The summed E-state index contributed by atoms with van der Waals surface area (Å²) < 4.78 is 5.08. The highest BCUT2D eigenvalue weighted by molar-refractivity contribution is 6.33. The van der Waals surface area contributed by atoms with Gasteiger partial charge in [0.15, 0.2) is 0 Å². The Morgan fingerprint density at radius 3 is 2.46 bits per heavy atom. The molecule has 24 heavy (non-hydrogen) atoms. The maximum absolute atomic E-state index is 12.3. The topological polar surface area (TPSA) is 67.4 Å². The van der Waals surface area contributed by atoms with E-state index >= 15 is 0 Å². The van der Waals surface area contributed by atoms with Crippen molar-refractivity contribution in [3.63, 3.8) is 0 Å². The van der Waals surface area contributed by atoms with Gasteiger partial charge in [-0.15, -0.1) is 0 Å². The molecule has 6 heteroatoms. The molecule has 0 radical (unpaired) electrons. The number of carbonyl (C=O) groups is 2. The van der Waals surface area contributed by atoms with E-state index in [2.05, 4.69) is 10.6 Å². The molecule has 2 amide bonds. The van der Waals surface area contributed by atoms with Gasteiger partial charge in [0.05, 0.1) is 30.3 Å². The highest BCUT2D eigenvalue weighted by Gasteiger charge is 2.17. The van der Waals surface area contributed by atoms with E-state index in [0.717, 1.165) is 5.56 Å². The number of halogens is 1. The number of hydrogen-bond donors (Lipinski definition) is 2. The molecular weight excluding hydrogens is 328 g/mol. The van der Waals surface area contributed by atoms with Gasteiger partial charge in [0.25, 0.3) is 0 Å². The van der Waals surface area contributed by atoms with Crippen LogP contribution in [-0.4, -0.2) is 18.9 Å². The predicted octanol–water partition coefficient (Wildman–Crippen LogP) is 3.55.